The Kier molecular flexibility index (Phi) is 63.3. The highest BCUT2D eigenvalue weighted by Crippen LogP contribution is 2.17. The van der Waals surface area contributed by atoms with Gasteiger partial charge in [0.1, 0.15) is 13.2 Å². The summed E-state index contributed by atoms with van der Waals surface area (Å²) in [5.74, 6) is -1.01. The zero-order valence-electron chi connectivity index (χ0n) is 52.0. The largest absolute Gasteiger partial charge is 0.462 e. The molecule has 0 rings (SSSR count). The number of ether oxygens (including phenoxy) is 3. The fourth-order valence-corrected chi connectivity index (χ4v) is 9.01. The third kappa shape index (κ3) is 64.4. The van der Waals surface area contributed by atoms with Gasteiger partial charge in [0.15, 0.2) is 6.10 Å². The lowest BCUT2D eigenvalue weighted by Crippen LogP contribution is -2.30. The van der Waals surface area contributed by atoms with E-state index in [0.29, 0.717) is 19.3 Å². The smallest absolute Gasteiger partial charge is 0.306 e. The number of rotatable bonds is 59. The van der Waals surface area contributed by atoms with Crippen LogP contribution in [-0.2, 0) is 28.6 Å². The molecule has 0 amide bonds. The molecule has 0 fully saturated rings. The molecule has 0 bridgehead atoms. The molecule has 6 heteroatoms. The van der Waals surface area contributed by atoms with Crippen LogP contribution in [0.15, 0.2) is 134 Å². The van der Waals surface area contributed by atoms with Gasteiger partial charge in [-0.15, -0.1) is 0 Å². The Morgan fingerprint density at radius 3 is 0.812 bits per heavy atom. The van der Waals surface area contributed by atoms with Crippen molar-refractivity contribution in [2.45, 2.75) is 303 Å². The van der Waals surface area contributed by atoms with Gasteiger partial charge in [-0.3, -0.25) is 14.4 Å². The molecule has 80 heavy (non-hydrogen) atoms. The Labute approximate surface area is 494 Å². The molecule has 0 aromatic heterocycles. The van der Waals surface area contributed by atoms with Crippen LogP contribution in [-0.4, -0.2) is 37.2 Å². The second-order valence-electron chi connectivity index (χ2n) is 21.6. The summed E-state index contributed by atoms with van der Waals surface area (Å²) in [6, 6.07) is 0. The van der Waals surface area contributed by atoms with E-state index in [1.807, 2.05) is 0 Å². The Morgan fingerprint density at radius 1 is 0.263 bits per heavy atom. The lowest BCUT2D eigenvalue weighted by Gasteiger charge is -2.18. The summed E-state index contributed by atoms with van der Waals surface area (Å²) < 4.78 is 16.9. The van der Waals surface area contributed by atoms with Gasteiger partial charge in [-0.05, 0) is 109 Å². The summed E-state index contributed by atoms with van der Waals surface area (Å²) in [5.41, 5.74) is 0. The molecule has 1 unspecified atom stereocenters. The molecular formula is C74H122O6. The first-order valence-corrected chi connectivity index (χ1v) is 33.2. The van der Waals surface area contributed by atoms with Gasteiger partial charge in [0.2, 0.25) is 0 Å². The van der Waals surface area contributed by atoms with Gasteiger partial charge in [-0.25, -0.2) is 0 Å². The molecule has 1 atom stereocenters. The summed E-state index contributed by atoms with van der Waals surface area (Å²) >= 11 is 0. The van der Waals surface area contributed by atoms with Crippen molar-refractivity contribution in [3.05, 3.63) is 134 Å². The van der Waals surface area contributed by atoms with Crippen molar-refractivity contribution in [3.63, 3.8) is 0 Å². The van der Waals surface area contributed by atoms with E-state index >= 15 is 0 Å². The van der Waals surface area contributed by atoms with Crippen molar-refractivity contribution >= 4 is 17.9 Å². The Morgan fingerprint density at radius 2 is 0.500 bits per heavy atom. The van der Waals surface area contributed by atoms with Crippen molar-refractivity contribution in [2.75, 3.05) is 13.2 Å². The highest BCUT2D eigenvalue weighted by molar-refractivity contribution is 5.71. The van der Waals surface area contributed by atoms with Crippen LogP contribution in [0.25, 0.3) is 0 Å². The van der Waals surface area contributed by atoms with Crippen LogP contribution in [0.4, 0.5) is 0 Å². The van der Waals surface area contributed by atoms with E-state index in [1.165, 1.54) is 135 Å². The van der Waals surface area contributed by atoms with E-state index in [4.69, 9.17) is 14.2 Å². The first-order valence-electron chi connectivity index (χ1n) is 33.2. The lowest BCUT2D eigenvalue weighted by atomic mass is 10.0. The van der Waals surface area contributed by atoms with Gasteiger partial charge in [0, 0.05) is 19.3 Å². The van der Waals surface area contributed by atoms with Crippen molar-refractivity contribution in [3.8, 4) is 0 Å². The predicted molar refractivity (Wildman–Crippen MR) is 348 cm³/mol. The predicted octanol–water partition coefficient (Wildman–Crippen LogP) is 22.9. The molecule has 0 aromatic rings. The first-order chi connectivity index (χ1) is 39.5. The van der Waals surface area contributed by atoms with Crippen LogP contribution >= 0.6 is 0 Å². The molecule has 6 nitrogen and oxygen atoms in total. The minimum absolute atomic E-state index is 0.115. The minimum atomic E-state index is -0.830. The van der Waals surface area contributed by atoms with Crippen LogP contribution in [0.5, 0.6) is 0 Å². The molecule has 0 saturated carbocycles. The Bertz CT molecular complexity index is 1700. The summed E-state index contributed by atoms with van der Waals surface area (Å²) in [6.07, 6.45) is 94.8. The maximum Gasteiger partial charge on any atom is 0.306 e. The number of unbranched alkanes of at least 4 members (excludes halogenated alkanes) is 26. The molecule has 0 aliphatic carbocycles. The molecule has 0 N–H and O–H groups in total. The van der Waals surface area contributed by atoms with Crippen LogP contribution in [0.1, 0.15) is 297 Å². The topological polar surface area (TPSA) is 78.9 Å². The van der Waals surface area contributed by atoms with Crippen LogP contribution in [0, 0.1) is 0 Å². The average Bonchev–Trinajstić information content (AvgIpc) is 3.46. The first kappa shape index (κ1) is 75.5. The second-order valence-corrected chi connectivity index (χ2v) is 21.6. The fourth-order valence-electron chi connectivity index (χ4n) is 9.01. The summed E-state index contributed by atoms with van der Waals surface area (Å²) in [5, 5.41) is 0. The molecule has 0 aromatic carbocycles. The van der Waals surface area contributed by atoms with Crippen LogP contribution in [0.2, 0.25) is 0 Å². The van der Waals surface area contributed by atoms with E-state index in [2.05, 4.69) is 154 Å². The number of hydrogen-bond donors (Lipinski definition) is 0. The molecule has 0 radical (unpaired) electrons. The third-order valence-electron chi connectivity index (χ3n) is 13.9. The minimum Gasteiger partial charge on any atom is -0.462 e. The Balaban J connectivity index is 4.48. The molecule has 0 aliphatic heterocycles. The molecule has 0 saturated heterocycles. The van der Waals surface area contributed by atoms with Crippen LogP contribution < -0.4 is 0 Å². The number of hydrogen-bond acceptors (Lipinski definition) is 6. The zero-order chi connectivity index (χ0) is 57.8. The maximum absolute atomic E-state index is 12.9. The summed E-state index contributed by atoms with van der Waals surface area (Å²) in [7, 11) is 0. The SMILES string of the molecule is CC/C=C\C/C=C\C/C=C\C/C=C\C/C=C\C/C=C\CCCCC(=O)OC(COC(=O)CCC/C=C\C/C=C\C/C=C\C/C=C\C/C=C\CC)COC(=O)CCCCCCCCCCCCCCCCCCCCCCCCCC. The van der Waals surface area contributed by atoms with Gasteiger partial charge in [0.25, 0.3) is 0 Å². The van der Waals surface area contributed by atoms with Gasteiger partial charge in [-0.1, -0.05) is 302 Å². The lowest BCUT2D eigenvalue weighted by molar-refractivity contribution is -0.167. The molecule has 0 heterocycles. The number of carbonyl (C=O) groups excluding carboxylic acids is 3. The van der Waals surface area contributed by atoms with Crippen molar-refractivity contribution < 1.29 is 28.6 Å². The van der Waals surface area contributed by atoms with E-state index in [-0.39, 0.29) is 44.0 Å². The monoisotopic (exact) mass is 1110 g/mol. The second kappa shape index (κ2) is 67.1. The molecule has 0 spiro atoms. The number of esters is 3. The Hall–Kier alpha value is -4.45. The van der Waals surface area contributed by atoms with Gasteiger partial charge >= 0.3 is 17.9 Å². The van der Waals surface area contributed by atoms with Gasteiger partial charge in [-0.2, -0.15) is 0 Å². The van der Waals surface area contributed by atoms with Crippen LogP contribution in [0.3, 0.4) is 0 Å². The molecule has 0 aliphatic rings. The quantitative estimate of drug-likeness (QED) is 0.0261. The highest BCUT2D eigenvalue weighted by atomic mass is 16.6. The summed E-state index contributed by atoms with van der Waals surface area (Å²) in [4.78, 5) is 38.4. The van der Waals surface area contributed by atoms with Gasteiger partial charge in [0.05, 0.1) is 0 Å². The van der Waals surface area contributed by atoms with E-state index in [0.717, 1.165) is 109 Å². The van der Waals surface area contributed by atoms with Crippen molar-refractivity contribution in [1.29, 1.82) is 0 Å². The fraction of sp³-hybridized carbons (Fsp3) is 0.662. The van der Waals surface area contributed by atoms with Crippen molar-refractivity contribution in [1.82, 2.24) is 0 Å². The maximum atomic E-state index is 12.9. The summed E-state index contributed by atoms with van der Waals surface area (Å²) in [6.45, 7) is 6.35. The van der Waals surface area contributed by atoms with E-state index in [1.54, 1.807) is 0 Å². The van der Waals surface area contributed by atoms with Crippen molar-refractivity contribution in [2.24, 2.45) is 0 Å². The number of allylic oxidation sites excluding steroid dienone is 22. The zero-order valence-corrected chi connectivity index (χ0v) is 52.0. The standard InChI is InChI=1S/C74H122O6/c1-4-7-10-13-16-19-22-25-28-31-33-35-36-37-39-40-43-46-49-52-55-58-61-64-67-73(76)79-70-71(69-78-72(75)66-63-60-57-54-51-48-45-42-30-27-24-21-18-15-12-9-6-3)80-74(77)68-65-62-59-56-53-50-47-44-41-38-34-32-29-26-23-20-17-14-11-8-5-2/h8-9,11-12,17-18,20-21,26-27,29-30,34,38,44-45,47-48,53-54,56-57,71H,4-7,10,13-16,19,22-25,28,31-33,35-37,39-43,46,49-52,55,58-70H2,1-3H3/b11-8-,12-9-,20-17-,21-18-,29-26-,30-27-,38-34-,47-44-,48-45-,56-53-,57-54-. The van der Waals surface area contributed by atoms with E-state index < -0.39 is 6.10 Å². The molecule has 454 valence electrons. The highest BCUT2D eigenvalue weighted by Gasteiger charge is 2.19. The number of carbonyl (C=O) groups is 3. The molecular weight excluding hydrogens is 985 g/mol. The third-order valence-corrected chi connectivity index (χ3v) is 13.9. The van der Waals surface area contributed by atoms with E-state index in [9.17, 15) is 14.4 Å². The normalized spacial score (nSPS) is 13.0. The van der Waals surface area contributed by atoms with Gasteiger partial charge < -0.3 is 14.2 Å². The average molecular weight is 1110 g/mol.